The molecule has 1 heterocycles. The molecule has 2 fully saturated rings. The largest absolute Gasteiger partial charge is 0.490 e. The van der Waals surface area contributed by atoms with Crippen molar-refractivity contribution in [2.75, 3.05) is 33.2 Å². The predicted octanol–water partition coefficient (Wildman–Crippen LogP) is 5.78. The summed E-state index contributed by atoms with van der Waals surface area (Å²) < 4.78 is 37.8. The minimum absolute atomic E-state index is 0.209. The topological polar surface area (TPSA) is 53.6 Å². The summed E-state index contributed by atoms with van der Waals surface area (Å²) >= 11 is 0.991. The van der Waals surface area contributed by atoms with E-state index in [1.165, 1.54) is 32.0 Å². The van der Waals surface area contributed by atoms with E-state index in [9.17, 15) is 13.6 Å². The van der Waals surface area contributed by atoms with E-state index in [0.717, 1.165) is 71.4 Å². The molecule has 0 radical (unpaired) electrons. The van der Waals surface area contributed by atoms with E-state index in [4.69, 9.17) is 4.74 Å². The Labute approximate surface area is 223 Å². The third kappa shape index (κ3) is 8.50. The number of aldehydes is 1. The van der Waals surface area contributed by atoms with E-state index in [1.807, 2.05) is 36.4 Å². The monoisotopic (exact) mass is 529 g/mol. The van der Waals surface area contributed by atoms with Crippen molar-refractivity contribution in [1.29, 1.82) is 0 Å². The van der Waals surface area contributed by atoms with Crippen LogP contribution in [0.15, 0.2) is 78.3 Å². The third-order valence-corrected chi connectivity index (χ3v) is 7.32. The molecule has 1 aliphatic heterocycles. The first kappa shape index (κ1) is 29.0. The molecule has 4 rings (SSSR count). The number of benzene rings is 2. The first-order valence-electron chi connectivity index (χ1n) is 12.7. The number of rotatable bonds is 10. The highest BCUT2D eigenvalue weighted by Crippen LogP contribution is 2.32. The van der Waals surface area contributed by atoms with Crippen molar-refractivity contribution in [3.8, 4) is 5.75 Å². The van der Waals surface area contributed by atoms with E-state index in [-0.39, 0.29) is 11.9 Å². The first-order chi connectivity index (χ1) is 17.9. The third-order valence-electron chi connectivity index (χ3n) is 6.46. The minimum Gasteiger partial charge on any atom is -0.490 e. The molecule has 2 N–H and O–H groups in total. The highest BCUT2D eigenvalue weighted by atomic mass is 32.2. The van der Waals surface area contributed by atoms with Gasteiger partial charge in [-0.05, 0) is 79.7 Å². The fourth-order valence-electron chi connectivity index (χ4n) is 4.25. The Morgan fingerprint density at radius 1 is 1.16 bits per heavy atom. The molecule has 0 aromatic heterocycles. The standard InChI is InChI=1S/C24H25F2NO2S.C5H12N2/c1-3-7-19(4-2)24(25,26)23(16-28)27-30-22-13-11-17-14-21(12-10-18(17)15-22)29-20-8-5-6-9-20;1-7-4-2-6-3-5-7/h3-4,7,10-16,20,23,27H,1-2,5-6,8-9H2;6H,2-5H2,1H3/b19-7+;. The summed E-state index contributed by atoms with van der Waals surface area (Å²) in [7, 11) is 2.15. The van der Waals surface area contributed by atoms with Gasteiger partial charge in [-0.25, -0.2) is 4.72 Å². The maximum Gasteiger partial charge on any atom is 0.295 e. The molecule has 5 nitrogen and oxygen atoms in total. The van der Waals surface area contributed by atoms with Crippen molar-refractivity contribution in [1.82, 2.24) is 14.9 Å². The number of halogens is 2. The molecule has 37 heavy (non-hydrogen) atoms. The van der Waals surface area contributed by atoms with Crippen molar-refractivity contribution in [3.63, 3.8) is 0 Å². The summed E-state index contributed by atoms with van der Waals surface area (Å²) in [5.74, 6) is -2.56. The average molecular weight is 530 g/mol. The summed E-state index contributed by atoms with van der Waals surface area (Å²) in [4.78, 5) is 14.4. The van der Waals surface area contributed by atoms with Gasteiger partial charge in [0.25, 0.3) is 5.92 Å². The lowest BCUT2D eigenvalue weighted by atomic mass is 10.0. The van der Waals surface area contributed by atoms with Crippen LogP contribution in [0.3, 0.4) is 0 Å². The zero-order chi connectivity index (χ0) is 26.7. The number of likely N-dealkylation sites (N-methyl/N-ethyl adjacent to an activating group) is 1. The van der Waals surface area contributed by atoms with E-state index >= 15 is 0 Å². The van der Waals surface area contributed by atoms with Crippen LogP contribution >= 0.6 is 11.9 Å². The van der Waals surface area contributed by atoms with Gasteiger partial charge in [-0.3, -0.25) is 0 Å². The Balaban J connectivity index is 0.000000468. The quantitative estimate of drug-likeness (QED) is 0.231. The lowest BCUT2D eigenvalue weighted by molar-refractivity contribution is -0.115. The maximum atomic E-state index is 14.6. The molecule has 0 spiro atoms. The van der Waals surface area contributed by atoms with Gasteiger partial charge in [0.15, 0.2) is 0 Å². The lowest BCUT2D eigenvalue weighted by Gasteiger charge is -2.24. The Morgan fingerprint density at radius 3 is 2.43 bits per heavy atom. The van der Waals surface area contributed by atoms with Crippen LogP contribution in [0.5, 0.6) is 5.75 Å². The van der Waals surface area contributed by atoms with Crippen LogP contribution in [0, 0.1) is 0 Å². The number of hydrogen-bond acceptors (Lipinski definition) is 6. The summed E-state index contributed by atoms with van der Waals surface area (Å²) in [6.45, 7) is 11.6. The maximum absolute atomic E-state index is 14.6. The Morgan fingerprint density at radius 2 is 1.84 bits per heavy atom. The highest BCUT2D eigenvalue weighted by Gasteiger charge is 2.42. The molecule has 1 aliphatic carbocycles. The Hall–Kier alpha value is -2.52. The molecular weight excluding hydrogens is 492 g/mol. The normalized spacial score (nSPS) is 18.1. The second-order valence-corrected chi connectivity index (χ2v) is 10.2. The summed E-state index contributed by atoms with van der Waals surface area (Å²) in [6.07, 6.45) is 8.54. The van der Waals surface area contributed by atoms with Crippen molar-refractivity contribution in [2.24, 2.45) is 0 Å². The number of allylic oxidation sites excluding steroid dienone is 3. The molecule has 1 saturated heterocycles. The molecule has 2 aromatic carbocycles. The summed E-state index contributed by atoms with van der Waals surface area (Å²) in [6, 6.07) is 9.81. The zero-order valence-corrected chi connectivity index (χ0v) is 22.2. The predicted molar refractivity (Wildman–Crippen MR) is 149 cm³/mol. The van der Waals surface area contributed by atoms with Gasteiger partial charge in [-0.1, -0.05) is 43.5 Å². The first-order valence-corrected chi connectivity index (χ1v) is 13.5. The number of alkyl halides is 2. The molecule has 0 amide bonds. The summed E-state index contributed by atoms with van der Waals surface area (Å²) in [5, 5.41) is 5.25. The highest BCUT2D eigenvalue weighted by molar-refractivity contribution is 7.97. The Bertz CT molecular complexity index is 1080. The number of carbonyl (C=O) groups excluding carboxylic acids is 1. The molecule has 1 unspecified atom stereocenters. The lowest BCUT2D eigenvalue weighted by Crippen LogP contribution is -2.44. The van der Waals surface area contributed by atoms with Crippen LogP contribution < -0.4 is 14.8 Å². The van der Waals surface area contributed by atoms with Crippen LogP contribution in [0.4, 0.5) is 8.78 Å². The number of piperazine rings is 1. The van der Waals surface area contributed by atoms with E-state index in [1.54, 1.807) is 0 Å². The molecule has 2 aliphatic rings. The van der Waals surface area contributed by atoms with Gasteiger partial charge in [0.2, 0.25) is 0 Å². The minimum atomic E-state index is -3.41. The smallest absolute Gasteiger partial charge is 0.295 e. The van der Waals surface area contributed by atoms with Crippen molar-refractivity contribution >= 4 is 29.0 Å². The van der Waals surface area contributed by atoms with Crippen molar-refractivity contribution in [2.45, 2.75) is 48.6 Å². The Kier molecular flexibility index (Phi) is 11.3. The van der Waals surface area contributed by atoms with Gasteiger partial charge < -0.3 is 19.7 Å². The van der Waals surface area contributed by atoms with Crippen LogP contribution in [0.1, 0.15) is 25.7 Å². The molecule has 8 heteroatoms. The number of nitrogens with one attached hydrogen (secondary N) is 2. The van der Waals surface area contributed by atoms with Crippen LogP contribution in [0.25, 0.3) is 10.8 Å². The molecular formula is C29H37F2N3O2S. The average Bonchev–Trinajstić information content (AvgIpc) is 3.41. The number of hydrogen-bond donors (Lipinski definition) is 2. The number of ether oxygens (including phenoxy) is 1. The fraction of sp³-hybridized carbons (Fsp3) is 0.414. The second kappa shape index (κ2) is 14.4. The SMILES string of the molecule is C=C/C=C(\C=C)C(F)(F)C(C=O)NSc1ccc2cc(OC3CCCC3)ccc2c1.CN1CCNCC1. The second-order valence-electron chi connectivity index (χ2n) is 9.27. The van der Waals surface area contributed by atoms with E-state index < -0.39 is 12.0 Å². The molecule has 1 saturated carbocycles. The van der Waals surface area contributed by atoms with Gasteiger partial charge in [-0.15, -0.1) is 0 Å². The van der Waals surface area contributed by atoms with Gasteiger partial charge >= 0.3 is 0 Å². The van der Waals surface area contributed by atoms with Crippen LogP contribution in [-0.2, 0) is 4.79 Å². The number of carbonyl (C=O) groups is 1. The number of nitrogens with zero attached hydrogens (tertiary/aromatic N) is 1. The van der Waals surface area contributed by atoms with Crippen molar-refractivity contribution in [3.05, 3.63) is 73.4 Å². The van der Waals surface area contributed by atoms with Gasteiger partial charge in [-0.2, -0.15) is 8.78 Å². The van der Waals surface area contributed by atoms with Crippen molar-refractivity contribution < 1.29 is 18.3 Å². The van der Waals surface area contributed by atoms with Crippen LogP contribution in [-0.4, -0.2) is 62.5 Å². The van der Waals surface area contributed by atoms with Gasteiger partial charge in [0.1, 0.15) is 18.1 Å². The number of fused-ring (bicyclic) bond motifs is 1. The molecule has 1 atom stereocenters. The van der Waals surface area contributed by atoms with E-state index in [2.05, 4.69) is 35.1 Å². The molecule has 2 aromatic rings. The van der Waals surface area contributed by atoms with Crippen LogP contribution in [0.2, 0.25) is 0 Å². The fourth-order valence-corrected chi connectivity index (χ4v) is 5.04. The van der Waals surface area contributed by atoms with E-state index in [0.29, 0.717) is 6.10 Å². The summed E-state index contributed by atoms with van der Waals surface area (Å²) in [5.41, 5.74) is -0.365. The van der Waals surface area contributed by atoms with Gasteiger partial charge in [0.05, 0.1) is 6.10 Å². The molecule has 0 bridgehead atoms. The molecule has 200 valence electrons. The van der Waals surface area contributed by atoms with Gasteiger partial charge in [0, 0.05) is 36.6 Å². The zero-order valence-electron chi connectivity index (χ0n) is 21.4.